The fourth-order valence-electron chi connectivity index (χ4n) is 3.48. The summed E-state index contributed by atoms with van der Waals surface area (Å²) in [4.78, 5) is 18.4. The van der Waals surface area contributed by atoms with E-state index in [4.69, 9.17) is 9.47 Å². The molecule has 28 heavy (non-hydrogen) atoms. The molecule has 3 rings (SSSR count). The number of hydrogen-bond donors (Lipinski definition) is 0. The van der Waals surface area contributed by atoms with Gasteiger partial charge in [-0.3, -0.25) is 9.69 Å². The van der Waals surface area contributed by atoms with E-state index in [0.29, 0.717) is 0 Å². The van der Waals surface area contributed by atoms with E-state index in [1.807, 2.05) is 48.4 Å². The number of rotatable bonds is 6. The predicted octanol–water partition coefficient (Wildman–Crippen LogP) is 3.69. The van der Waals surface area contributed by atoms with Crippen LogP contribution in [0, 0.1) is 6.92 Å². The van der Waals surface area contributed by atoms with Crippen molar-refractivity contribution in [3.05, 3.63) is 53.1 Å². The molecule has 0 saturated carbocycles. The van der Waals surface area contributed by atoms with E-state index in [2.05, 4.69) is 11.0 Å². The van der Waals surface area contributed by atoms with Crippen LogP contribution in [-0.2, 0) is 6.54 Å². The standard InChI is InChI=1S/C22H28N2O3S/c1-16-5-7-19(28-4)14-20(16)22(25)24-11-9-23(10-12-24)15-17-13-18(26-2)6-8-21(17)27-3/h5-8,13-14H,9-12,15H2,1-4H3. The molecule has 150 valence electrons. The first-order valence-corrected chi connectivity index (χ1v) is 10.7. The van der Waals surface area contributed by atoms with E-state index in [0.717, 1.165) is 65.8 Å². The van der Waals surface area contributed by atoms with Crippen molar-refractivity contribution in [3.63, 3.8) is 0 Å². The summed E-state index contributed by atoms with van der Waals surface area (Å²) in [6.07, 6.45) is 2.03. The van der Waals surface area contributed by atoms with Crippen molar-refractivity contribution in [2.24, 2.45) is 0 Å². The Balaban J connectivity index is 1.64. The number of benzene rings is 2. The van der Waals surface area contributed by atoms with Gasteiger partial charge in [-0.25, -0.2) is 0 Å². The number of aryl methyl sites for hydroxylation is 1. The number of piperazine rings is 1. The smallest absolute Gasteiger partial charge is 0.254 e. The van der Waals surface area contributed by atoms with Crippen LogP contribution in [0.3, 0.4) is 0 Å². The van der Waals surface area contributed by atoms with Crippen LogP contribution in [-0.4, -0.2) is 62.4 Å². The maximum absolute atomic E-state index is 13.0. The third kappa shape index (κ3) is 4.62. The van der Waals surface area contributed by atoms with Crippen LogP contribution in [0.2, 0.25) is 0 Å². The summed E-state index contributed by atoms with van der Waals surface area (Å²) in [5.41, 5.74) is 2.95. The number of nitrogens with zero attached hydrogens (tertiary/aromatic N) is 2. The highest BCUT2D eigenvalue weighted by Gasteiger charge is 2.24. The van der Waals surface area contributed by atoms with Gasteiger partial charge in [-0.15, -0.1) is 11.8 Å². The van der Waals surface area contributed by atoms with Gasteiger partial charge < -0.3 is 14.4 Å². The molecule has 0 aliphatic carbocycles. The maximum atomic E-state index is 13.0. The molecule has 0 N–H and O–H groups in total. The normalized spacial score (nSPS) is 14.8. The molecular weight excluding hydrogens is 372 g/mol. The molecule has 0 unspecified atom stereocenters. The predicted molar refractivity (Wildman–Crippen MR) is 114 cm³/mol. The molecule has 1 amide bonds. The monoisotopic (exact) mass is 400 g/mol. The Morgan fingerprint density at radius 3 is 2.43 bits per heavy atom. The van der Waals surface area contributed by atoms with E-state index in [1.165, 1.54) is 0 Å². The Kier molecular flexibility index (Phi) is 6.86. The molecule has 1 saturated heterocycles. The number of hydrogen-bond acceptors (Lipinski definition) is 5. The van der Waals surface area contributed by atoms with Crippen LogP contribution in [0.5, 0.6) is 11.5 Å². The zero-order valence-electron chi connectivity index (χ0n) is 17.0. The highest BCUT2D eigenvalue weighted by molar-refractivity contribution is 7.98. The van der Waals surface area contributed by atoms with Crippen molar-refractivity contribution in [2.45, 2.75) is 18.4 Å². The summed E-state index contributed by atoms with van der Waals surface area (Å²) in [6, 6.07) is 12.0. The van der Waals surface area contributed by atoms with Gasteiger partial charge in [0.1, 0.15) is 11.5 Å². The van der Waals surface area contributed by atoms with Gasteiger partial charge in [-0.1, -0.05) is 6.07 Å². The fourth-order valence-corrected chi connectivity index (χ4v) is 3.92. The lowest BCUT2D eigenvalue weighted by Gasteiger charge is -2.35. The summed E-state index contributed by atoms with van der Waals surface area (Å²) < 4.78 is 10.8. The third-order valence-electron chi connectivity index (χ3n) is 5.22. The zero-order chi connectivity index (χ0) is 20.1. The molecule has 1 fully saturated rings. The van der Waals surface area contributed by atoms with Gasteiger partial charge in [0.2, 0.25) is 0 Å². The summed E-state index contributed by atoms with van der Waals surface area (Å²) in [7, 11) is 3.36. The van der Waals surface area contributed by atoms with Gasteiger partial charge in [0.25, 0.3) is 5.91 Å². The first-order valence-electron chi connectivity index (χ1n) is 9.43. The van der Waals surface area contributed by atoms with Gasteiger partial charge in [0.15, 0.2) is 0 Å². The number of carbonyl (C=O) groups is 1. The van der Waals surface area contributed by atoms with Crippen LogP contribution >= 0.6 is 11.8 Å². The number of methoxy groups -OCH3 is 2. The van der Waals surface area contributed by atoms with Gasteiger partial charge in [-0.05, 0) is 49.1 Å². The van der Waals surface area contributed by atoms with Crippen LogP contribution in [0.4, 0.5) is 0 Å². The quantitative estimate of drug-likeness (QED) is 0.692. The van der Waals surface area contributed by atoms with E-state index in [-0.39, 0.29) is 5.91 Å². The van der Waals surface area contributed by atoms with Crippen molar-refractivity contribution in [2.75, 3.05) is 46.7 Å². The number of thioether (sulfide) groups is 1. The lowest BCUT2D eigenvalue weighted by atomic mass is 10.1. The Morgan fingerprint density at radius 2 is 1.79 bits per heavy atom. The van der Waals surface area contributed by atoms with Crippen molar-refractivity contribution < 1.29 is 14.3 Å². The Bertz CT molecular complexity index is 833. The molecule has 0 bridgehead atoms. The first-order chi connectivity index (χ1) is 13.5. The molecule has 6 heteroatoms. The highest BCUT2D eigenvalue weighted by Crippen LogP contribution is 2.26. The Hall–Kier alpha value is -2.18. The van der Waals surface area contributed by atoms with Crippen LogP contribution in [0.15, 0.2) is 41.3 Å². The summed E-state index contributed by atoms with van der Waals surface area (Å²) >= 11 is 1.66. The van der Waals surface area contributed by atoms with E-state index in [1.54, 1.807) is 26.0 Å². The van der Waals surface area contributed by atoms with Gasteiger partial charge in [0.05, 0.1) is 14.2 Å². The second-order valence-electron chi connectivity index (χ2n) is 6.93. The first kappa shape index (κ1) is 20.6. The van der Waals surface area contributed by atoms with Crippen LogP contribution in [0.1, 0.15) is 21.5 Å². The second-order valence-corrected chi connectivity index (χ2v) is 7.81. The average molecular weight is 401 g/mol. The van der Waals surface area contributed by atoms with Gasteiger partial charge >= 0.3 is 0 Å². The summed E-state index contributed by atoms with van der Waals surface area (Å²) in [5.74, 6) is 1.82. The molecule has 2 aromatic rings. The number of ether oxygens (including phenoxy) is 2. The minimum atomic E-state index is 0.131. The number of carbonyl (C=O) groups excluding carboxylic acids is 1. The van der Waals surface area contributed by atoms with Crippen LogP contribution in [0.25, 0.3) is 0 Å². The molecule has 0 atom stereocenters. The summed E-state index contributed by atoms with van der Waals surface area (Å²) in [5, 5.41) is 0. The van der Waals surface area contributed by atoms with Crippen molar-refractivity contribution in [1.29, 1.82) is 0 Å². The molecular formula is C22H28N2O3S. The second kappa shape index (κ2) is 9.34. The highest BCUT2D eigenvalue weighted by atomic mass is 32.2. The van der Waals surface area contributed by atoms with Crippen molar-refractivity contribution in [3.8, 4) is 11.5 Å². The van der Waals surface area contributed by atoms with E-state index < -0.39 is 0 Å². The average Bonchev–Trinajstić information content (AvgIpc) is 2.74. The topological polar surface area (TPSA) is 42.0 Å². The van der Waals surface area contributed by atoms with Crippen molar-refractivity contribution >= 4 is 17.7 Å². The SMILES string of the molecule is COc1ccc(OC)c(CN2CCN(C(=O)c3cc(SC)ccc3C)CC2)c1. The molecule has 0 aromatic heterocycles. The lowest BCUT2D eigenvalue weighted by molar-refractivity contribution is 0.0626. The minimum absolute atomic E-state index is 0.131. The van der Waals surface area contributed by atoms with E-state index in [9.17, 15) is 4.79 Å². The molecule has 1 aliphatic rings. The zero-order valence-corrected chi connectivity index (χ0v) is 17.8. The molecule has 1 heterocycles. The molecule has 5 nitrogen and oxygen atoms in total. The van der Waals surface area contributed by atoms with Gasteiger partial charge in [-0.2, -0.15) is 0 Å². The molecule has 1 aliphatic heterocycles. The lowest BCUT2D eigenvalue weighted by Crippen LogP contribution is -2.48. The van der Waals surface area contributed by atoms with E-state index >= 15 is 0 Å². The fraction of sp³-hybridized carbons (Fsp3) is 0.409. The molecule has 2 aromatic carbocycles. The minimum Gasteiger partial charge on any atom is -0.497 e. The Morgan fingerprint density at radius 1 is 1.04 bits per heavy atom. The summed E-state index contributed by atoms with van der Waals surface area (Å²) in [6.45, 7) is 5.93. The van der Waals surface area contributed by atoms with Crippen LogP contribution < -0.4 is 9.47 Å². The maximum Gasteiger partial charge on any atom is 0.254 e. The third-order valence-corrected chi connectivity index (χ3v) is 5.94. The van der Waals surface area contributed by atoms with Gasteiger partial charge in [0, 0.05) is 48.7 Å². The Labute approximate surface area is 171 Å². The number of amides is 1. The van der Waals surface area contributed by atoms with Crippen molar-refractivity contribution in [1.82, 2.24) is 9.80 Å². The molecule has 0 spiro atoms. The molecule has 0 radical (unpaired) electrons. The largest absolute Gasteiger partial charge is 0.497 e.